The molecule has 0 radical (unpaired) electrons. The topological polar surface area (TPSA) is 32.3 Å². The van der Waals surface area contributed by atoms with Crippen molar-refractivity contribution in [1.82, 2.24) is 10.2 Å². The van der Waals surface area contributed by atoms with E-state index < -0.39 is 0 Å². The highest BCUT2D eigenvalue weighted by Gasteiger charge is 2.26. The molecular formula is C15H20N2O. The van der Waals surface area contributed by atoms with Crippen LogP contribution in [0.15, 0.2) is 18.2 Å². The highest BCUT2D eigenvalue weighted by Crippen LogP contribution is 2.25. The van der Waals surface area contributed by atoms with E-state index in [1.807, 2.05) is 18.0 Å². The number of carbonyl (C=O) groups is 1. The minimum atomic E-state index is 0.174. The highest BCUT2D eigenvalue weighted by molar-refractivity contribution is 5.94. The molecule has 0 atom stereocenters. The van der Waals surface area contributed by atoms with Crippen molar-refractivity contribution < 1.29 is 4.79 Å². The second-order valence-electron chi connectivity index (χ2n) is 5.41. The Balaban J connectivity index is 1.80. The maximum absolute atomic E-state index is 12.4. The van der Waals surface area contributed by atoms with E-state index in [1.54, 1.807) is 0 Å². The molecule has 0 spiro atoms. The van der Waals surface area contributed by atoms with Gasteiger partial charge in [-0.2, -0.15) is 0 Å². The first-order valence-electron chi connectivity index (χ1n) is 6.85. The summed E-state index contributed by atoms with van der Waals surface area (Å²) in [4.78, 5) is 14.3. The van der Waals surface area contributed by atoms with Gasteiger partial charge in [0.1, 0.15) is 0 Å². The Morgan fingerprint density at radius 3 is 2.89 bits per heavy atom. The maximum atomic E-state index is 12.4. The predicted molar refractivity (Wildman–Crippen MR) is 71.6 cm³/mol. The Hall–Kier alpha value is -1.35. The number of carbonyl (C=O) groups excluding carboxylic acids is 1. The number of hydrogen-bond acceptors (Lipinski definition) is 2. The average Bonchev–Trinajstić information content (AvgIpc) is 2.35. The third-order valence-corrected chi connectivity index (χ3v) is 4.28. The SMILES string of the molecule is CN(C(=O)c1ccc2c(c1)CNCC2)C1CCC1. The first-order chi connectivity index (χ1) is 8.75. The smallest absolute Gasteiger partial charge is 0.253 e. The first-order valence-corrected chi connectivity index (χ1v) is 6.85. The molecule has 3 nitrogen and oxygen atoms in total. The van der Waals surface area contributed by atoms with Gasteiger partial charge in [0.25, 0.3) is 5.91 Å². The minimum absolute atomic E-state index is 0.174. The zero-order valence-corrected chi connectivity index (χ0v) is 10.9. The number of benzene rings is 1. The zero-order valence-electron chi connectivity index (χ0n) is 10.9. The van der Waals surface area contributed by atoms with Gasteiger partial charge in [-0.3, -0.25) is 4.79 Å². The zero-order chi connectivity index (χ0) is 12.5. The maximum Gasteiger partial charge on any atom is 0.253 e. The lowest BCUT2D eigenvalue weighted by Crippen LogP contribution is -2.41. The summed E-state index contributed by atoms with van der Waals surface area (Å²) in [5, 5.41) is 3.36. The Morgan fingerprint density at radius 2 is 2.17 bits per heavy atom. The monoisotopic (exact) mass is 244 g/mol. The van der Waals surface area contributed by atoms with Gasteiger partial charge in [-0.15, -0.1) is 0 Å². The lowest BCUT2D eigenvalue weighted by Gasteiger charge is -2.35. The summed E-state index contributed by atoms with van der Waals surface area (Å²) in [6, 6.07) is 6.64. The van der Waals surface area contributed by atoms with E-state index in [2.05, 4.69) is 17.4 Å². The largest absolute Gasteiger partial charge is 0.339 e. The van der Waals surface area contributed by atoms with Crippen LogP contribution in [0.2, 0.25) is 0 Å². The molecule has 3 rings (SSSR count). The van der Waals surface area contributed by atoms with Crippen molar-refractivity contribution in [1.29, 1.82) is 0 Å². The van der Waals surface area contributed by atoms with Crippen LogP contribution in [-0.2, 0) is 13.0 Å². The summed E-state index contributed by atoms with van der Waals surface area (Å²) < 4.78 is 0. The summed E-state index contributed by atoms with van der Waals surface area (Å²) in [6.45, 7) is 1.94. The van der Waals surface area contributed by atoms with Crippen molar-refractivity contribution in [2.75, 3.05) is 13.6 Å². The third kappa shape index (κ3) is 2.03. The van der Waals surface area contributed by atoms with Crippen LogP contribution in [0.25, 0.3) is 0 Å². The van der Waals surface area contributed by atoms with E-state index in [0.717, 1.165) is 37.9 Å². The lowest BCUT2D eigenvalue weighted by molar-refractivity contribution is 0.0652. The molecule has 1 aromatic rings. The summed E-state index contributed by atoms with van der Waals surface area (Å²) >= 11 is 0. The number of nitrogens with one attached hydrogen (secondary N) is 1. The van der Waals surface area contributed by atoms with E-state index >= 15 is 0 Å². The van der Waals surface area contributed by atoms with Gasteiger partial charge in [0.15, 0.2) is 0 Å². The third-order valence-electron chi connectivity index (χ3n) is 4.28. The van der Waals surface area contributed by atoms with Gasteiger partial charge in [0, 0.05) is 25.2 Å². The summed E-state index contributed by atoms with van der Waals surface area (Å²) in [5.41, 5.74) is 3.51. The second kappa shape index (κ2) is 4.73. The molecule has 0 bridgehead atoms. The van der Waals surface area contributed by atoms with E-state index in [1.165, 1.54) is 17.5 Å². The van der Waals surface area contributed by atoms with E-state index in [0.29, 0.717) is 6.04 Å². The van der Waals surface area contributed by atoms with Crippen LogP contribution in [0.3, 0.4) is 0 Å². The van der Waals surface area contributed by atoms with Crippen LogP contribution >= 0.6 is 0 Å². The van der Waals surface area contributed by atoms with Gasteiger partial charge in [-0.25, -0.2) is 0 Å². The van der Waals surface area contributed by atoms with E-state index in [9.17, 15) is 4.79 Å². The molecular weight excluding hydrogens is 224 g/mol. The second-order valence-corrected chi connectivity index (χ2v) is 5.41. The van der Waals surface area contributed by atoms with E-state index in [4.69, 9.17) is 0 Å². The van der Waals surface area contributed by atoms with Crippen molar-refractivity contribution >= 4 is 5.91 Å². The molecule has 1 aliphatic heterocycles. The average molecular weight is 244 g/mol. The Kier molecular flexibility index (Phi) is 3.08. The molecule has 1 amide bonds. The first kappa shape index (κ1) is 11.7. The molecule has 1 N–H and O–H groups in total. The van der Waals surface area contributed by atoms with Gasteiger partial charge in [-0.1, -0.05) is 6.07 Å². The molecule has 0 unspecified atom stereocenters. The molecule has 2 aliphatic rings. The molecule has 0 saturated heterocycles. The molecule has 96 valence electrons. The fourth-order valence-corrected chi connectivity index (χ4v) is 2.76. The summed E-state index contributed by atoms with van der Waals surface area (Å²) in [5.74, 6) is 0.174. The summed E-state index contributed by atoms with van der Waals surface area (Å²) in [7, 11) is 1.93. The molecule has 1 heterocycles. The van der Waals surface area contributed by atoms with Crippen LogP contribution in [0.4, 0.5) is 0 Å². The van der Waals surface area contributed by atoms with Crippen LogP contribution in [0.1, 0.15) is 40.7 Å². The van der Waals surface area contributed by atoms with Crippen LogP contribution in [-0.4, -0.2) is 30.4 Å². The fraction of sp³-hybridized carbons (Fsp3) is 0.533. The van der Waals surface area contributed by atoms with Gasteiger partial charge in [0.2, 0.25) is 0 Å². The molecule has 18 heavy (non-hydrogen) atoms. The summed E-state index contributed by atoms with van der Waals surface area (Å²) in [6.07, 6.45) is 4.65. The predicted octanol–water partition coefficient (Wildman–Crippen LogP) is 1.96. The minimum Gasteiger partial charge on any atom is -0.339 e. The Bertz CT molecular complexity index is 466. The quantitative estimate of drug-likeness (QED) is 0.862. The lowest BCUT2D eigenvalue weighted by atomic mass is 9.91. The van der Waals surface area contributed by atoms with Crippen LogP contribution < -0.4 is 5.32 Å². The van der Waals surface area contributed by atoms with Crippen molar-refractivity contribution in [2.24, 2.45) is 0 Å². The van der Waals surface area contributed by atoms with Crippen molar-refractivity contribution in [2.45, 2.75) is 38.3 Å². The number of amides is 1. The van der Waals surface area contributed by atoms with Gasteiger partial charge in [0.05, 0.1) is 0 Å². The molecule has 1 fully saturated rings. The number of hydrogen-bond donors (Lipinski definition) is 1. The molecule has 1 aliphatic carbocycles. The standard InChI is InChI=1S/C15H20N2O/c1-17(14-3-2-4-14)15(18)12-6-5-11-7-8-16-10-13(11)9-12/h5-6,9,14,16H,2-4,7-8,10H2,1H3. The van der Waals surface area contributed by atoms with Crippen molar-refractivity contribution in [3.63, 3.8) is 0 Å². The molecule has 1 aromatic carbocycles. The number of rotatable bonds is 2. The number of nitrogens with zero attached hydrogens (tertiary/aromatic N) is 1. The Morgan fingerprint density at radius 1 is 1.33 bits per heavy atom. The Labute approximate surface area is 108 Å². The van der Waals surface area contributed by atoms with Crippen LogP contribution in [0, 0.1) is 0 Å². The van der Waals surface area contributed by atoms with Crippen molar-refractivity contribution in [3.8, 4) is 0 Å². The molecule has 3 heteroatoms. The fourth-order valence-electron chi connectivity index (χ4n) is 2.76. The molecule has 0 aromatic heterocycles. The number of fused-ring (bicyclic) bond motifs is 1. The van der Waals surface area contributed by atoms with Gasteiger partial charge < -0.3 is 10.2 Å². The van der Waals surface area contributed by atoms with Gasteiger partial charge in [-0.05, 0) is 55.5 Å². The normalized spacial score (nSPS) is 18.9. The van der Waals surface area contributed by atoms with Crippen LogP contribution in [0.5, 0.6) is 0 Å². The highest BCUT2D eigenvalue weighted by atomic mass is 16.2. The van der Waals surface area contributed by atoms with E-state index in [-0.39, 0.29) is 5.91 Å². The molecule has 1 saturated carbocycles. The van der Waals surface area contributed by atoms with Gasteiger partial charge >= 0.3 is 0 Å². The van der Waals surface area contributed by atoms with Crippen molar-refractivity contribution in [3.05, 3.63) is 34.9 Å².